The number of aromatic nitrogens is 2. The Morgan fingerprint density at radius 3 is 2.67 bits per heavy atom. The van der Waals surface area contributed by atoms with Gasteiger partial charge in [0.05, 0.1) is 22.2 Å². The van der Waals surface area contributed by atoms with Crippen molar-refractivity contribution in [3.8, 4) is 11.5 Å². The second-order valence-corrected chi connectivity index (χ2v) is 11.7. The van der Waals surface area contributed by atoms with Gasteiger partial charge in [-0.3, -0.25) is 4.31 Å². The maximum absolute atomic E-state index is 14.5. The van der Waals surface area contributed by atoms with E-state index in [0.717, 1.165) is 10.4 Å². The average molecular weight is 640 g/mol. The van der Waals surface area contributed by atoms with Crippen LogP contribution in [0.5, 0.6) is 11.5 Å². The summed E-state index contributed by atoms with van der Waals surface area (Å²) in [6, 6.07) is 11.2. The summed E-state index contributed by atoms with van der Waals surface area (Å²) >= 11 is 6.20. The quantitative estimate of drug-likeness (QED) is 0.175. The van der Waals surface area contributed by atoms with E-state index in [9.17, 15) is 30.8 Å². The molecule has 226 valence electrons. The molecule has 0 bridgehead atoms. The third-order valence-corrected chi connectivity index (χ3v) is 8.62. The van der Waals surface area contributed by atoms with Crippen LogP contribution in [0.2, 0.25) is 5.02 Å². The summed E-state index contributed by atoms with van der Waals surface area (Å²) in [5.74, 6) is -3.16. The largest absolute Gasteiger partial charge is 0.486 e. The summed E-state index contributed by atoms with van der Waals surface area (Å²) in [4.78, 5) is 10.8. The number of benzene rings is 3. The Morgan fingerprint density at radius 2 is 1.98 bits per heavy atom. The molecule has 1 N–H and O–H groups in total. The van der Waals surface area contributed by atoms with Crippen molar-refractivity contribution in [3.05, 3.63) is 98.8 Å². The van der Waals surface area contributed by atoms with Gasteiger partial charge < -0.3 is 13.9 Å². The molecular weight excluding hydrogens is 618 g/mol. The molecule has 0 saturated carbocycles. The van der Waals surface area contributed by atoms with E-state index in [2.05, 4.69) is 14.9 Å². The monoisotopic (exact) mass is 639 g/mol. The number of aryl methyl sites for hydroxylation is 1. The SMILES string of the molecule is C/C(=C\c1ccc2c(c1)N(S(=O)(=O)c1ccc(F)c(OC(F)F)c1)C[C@H](CCc1n[nH]c(=O)o1)O2)c1c(F)cccc1Cl. The Morgan fingerprint density at radius 1 is 1.19 bits per heavy atom. The number of nitrogens with one attached hydrogen (secondary N) is 1. The summed E-state index contributed by atoms with van der Waals surface area (Å²) in [5, 5.41) is 6.06. The minimum atomic E-state index is -4.51. The molecule has 0 radical (unpaired) electrons. The molecule has 0 fully saturated rings. The minimum absolute atomic E-state index is 0.0869. The average Bonchev–Trinajstić information content (AvgIpc) is 3.37. The number of rotatable bonds is 9. The Kier molecular flexibility index (Phi) is 8.51. The molecule has 0 amide bonds. The number of H-pyrrole nitrogens is 1. The van der Waals surface area contributed by atoms with Crippen LogP contribution in [0.1, 0.15) is 30.4 Å². The zero-order valence-corrected chi connectivity index (χ0v) is 23.8. The lowest BCUT2D eigenvalue weighted by Crippen LogP contribution is -2.43. The van der Waals surface area contributed by atoms with Gasteiger partial charge >= 0.3 is 12.4 Å². The maximum atomic E-state index is 14.5. The molecule has 43 heavy (non-hydrogen) atoms. The lowest BCUT2D eigenvalue weighted by molar-refractivity contribution is -0.0523. The first-order valence-electron chi connectivity index (χ1n) is 12.7. The van der Waals surface area contributed by atoms with Crippen molar-refractivity contribution in [2.24, 2.45) is 0 Å². The van der Waals surface area contributed by atoms with Crippen molar-refractivity contribution in [1.29, 1.82) is 0 Å². The Hall–Kier alpha value is -4.30. The van der Waals surface area contributed by atoms with E-state index in [0.29, 0.717) is 23.3 Å². The zero-order valence-electron chi connectivity index (χ0n) is 22.2. The second-order valence-electron chi connectivity index (χ2n) is 9.44. The van der Waals surface area contributed by atoms with Gasteiger partial charge in [-0.25, -0.2) is 27.1 Å². The van der Waals surface area contributed by atoms with E-state index in [1.807, 2.05) is 0 Å². The lowest BCUT2D eigenvalue weighted by Gasteiger charge is -2.35. The number of hydrogen-bond donors (Lipinski definition) is 1. The standard InChI is InChI=1S/C28H22ClF4N3O6S/c1-15(26-19(29)3-2-4-21(26)31)11-16-5-9-23-22(12-16)36(14-17(40-23)6-10-25-34-35-28(37)42-25)43(38,39)18-7-8-20(30)24(13-18)41-27(32)33/h2-5,7-9,11-13,17,27H,6,10,14H2,1H3,(H,35,37)/b15-11+/t17-/m0/s1. The minimum Gasteiger partial charge on any atom is -0.486 e. The molecular formula is C28H22ClF4N3O6S. The highest BCUT2D eigenvalue weighted by Crippen LogP contribution is 2.40. The summed E-state index contributed by atoms with van der Waals surface area (Å²) in [6.07, 6.45) is 1.14. The molecule has 0 saturated heterocycles. The predicted molar refractivity (Wildman–Crippen MR) is 149 cm³/mol. The van der Waals surface area contributed by atoms with Gasteiger partial charge in [0.1, 0.15) is 17.7 Å². The first-order chi connectivity index (χ1) is 20.4. The van der Waals surface area contributed by atoms with E-state index in [1.165, 1.54) is 30.3 Å². The van der Waals surface area contributed by atoms with Crippen LogP contribution < -0.4 is 19.5 Å². The van der Waals surface area contributed by atoms with Crippen LogP contribution in [0.3, 0.4) is 0 Å². The van der Waals surface area contributed by atoms with Crippen molar-refractivity contribution >= 4 is 39.0 Å². The van der Waals surface area contributed by atoms with Gasteiger partial charge in [0.15, 0.2) is 11.6 Å². The van der Waals surface area contributed by atoms with Gasteiger partial charge in [-0.1, -0.05) is 29.8 Å². The van der Waals surface area contributed by atoms with E-state index in [-0.39, 0.29) is 47.3 Å². The number of aromatic amines is 1. The maximum Gasteiger partial charge on any atom is 0.434 e. The molecule has 1 aromatic heterocycles. The van der Waals surface area contributed by atoms with E-state index >= 15 is 0 Å². The van der Waals surface area contributed by atoms with Crippen LogP contribution in [0.25, 0.3) is 11.6 Å². The molecule has 15 heteroatoms. The molecule has 9 nitrogen and oxygen atoms in total. The number of anilines is 1. The zero-order chi connectivity index (χ0) is 30.9. The Bertz CT molecular complexity index is 1840. The Balaban J connectivity index is 1.55. The molecule has 0 spiro atoms. The van der Waals surface area contributed by atoms with Gasteiger partial charge in [-0.15, -0.1) is 5.10 Å². The number of sulfonamides is 1. The summed E-state index contributed by atoms with van der Waals surface area (Å²) in [6.45, 7) is -2.00. The van der Waals surface area contributed by atoms with Crippen LogP contribution in [0.15, 0.2) is 68.7 Å². The van der Waals surface area contributed by atoms with Crippen LogP contribution >= 0.6 is 11.6 Å². The van der Waals surface area contributed by atoms with Crippen LogP contribution in [-0.2, 0) is 16.4 Å². The summed E-state index contributed by atoms with van der Waals surface area (Å²) < 4.78 is 98.3. The fourth-order valence-corrected chi connectivity index (χ4v) is 6.43. The number of nitrogens with zero attached hydrogens (tertiary/aromatic N) is 2. The van der Waals surface area contributed by atoms with E-state index in [4.69, 9.17) is 20.8 Å². The summed E-state index contributed by atoms with van der Waals surface area (Å²) in [7, 11) is -4.51. The lowest BCUT2D eigenvalue weighted by atomic mass is 10.0. The number of ether oxygens (including phenoxy) is 2. The molecule has 0 aliphatic carbocycles. The van der Waals surface area contributed by atoms with Crippen LogP contribution in [-0.4, -0.2) is 37.9 Å². The topological polar surface area (TPSA) is 115 Å². The van der Waals surface area contributed by atoms with Gasteiger partial charge in [0, 0.05) is 18.1 Å². The van der Waals surface area contributed by atoms with E-state index in [1.54, 1.807) is 19.1 Å². The van der Waals surface area contributed by atoms with Crippen molar-refractivity contribution in [2.75, 3.05) is 10.8 Å². The van der Waals surface area contributed by atoms with Crippen molar-refractivity contribution in [3.63, 3.8) is 0 Å². The van der Waals surface area contributed by atoms with Crippen molar-refractivity contribution < 1.29 is 39.9 Å². The van der Waals surface area contributed by atoms with Crippen molar-refractivity contribution in [2.45, 2.75) is 37.4 Å². The highest BCUT2D eigenvalue weighted by atomic mass is 35.5. The second kappa shape index (κ2) is 12.1. The molecule has 2 heterocycles. The number of allylic oxidation sites excluding steroid dienone is 1. The first-order valence-corrected chi connectivity index (χ1v) is 14.5. The highest BCUT2D eigenvalue weighted by molar-refractivity contribution is 7.92. The molecule has 3 aromatic carbocycles. The predicted octanol–water partition coefficient (Wildman–Crippen LogP) is 6.05. The summed E-state index contributed by atoms with van der Waals surface area (Å²) in [5.41, 5.74) is 1.19. The van der Waals surface area contributed by atoms with Gasteiger partial charge in [0.2, 0.25) is 5.89 Å². The fourth-order valence-electron chi connectivity index (χ4n) is 4.60. The number of alkyl halides is 2. The number of hydrogen-bond acceptors (Lipinski definition) is 7. The van der Waals surface area contributed by atoms with Gasteiger partial charge in [0.25, 0.3) is 10.0 Å². The fraction of sp³-hybridized carbons (Fsp3) is 0.214. The van der Waals surface area contributed by atoms with Crippen LogP contribution in [0.4, 0.5) is 23.2 Å². The third-order valence-electron chi connectivity index (χ3n) is 6.52. The third kappa shape index (κ3) is 6.54. The Labute approximate surface area is 247 Å². The van der Waals surface area contributed by atoms with Gasteiger partial charge in [-0.2, -0.15) is 8.78 Å². The first kappa shape index (κ1) is 30.2. The van der Waals surface area contributed by atoms with Crippen molar-refractivity contribution in [1.82, 2.24) is 10.2 Å². The molecule has 0 unspecified atom stereocenters. The number of halogens is 5. The van der Waals surface area contributed by atoms with Gasteiger partial charge in [-0.05, 0) is 60.9 Å². The molecule has 1 atom stereocenters. The van der Waals surface area contributed by atoms with Crippen LogP contribution in [0, 0.1) is 11.6 Å². The highest BCUT2D eigenvalue weighted by Gasteiger charge is 2.35. The normalized spacial score (nSPS) is 15.4. The molecule has 5 rings (SSSR count). The number of fused-ring (bicyclic) bond motifs is 1. The molecule has 1 aliphatic heterocycles. The smallest absolute Gasteiger partial charge is 0.434 e. The molecule has 1 aliphatic rings. The molecule has 4 aromatic rings. The van der Waals surface area contributed by atoms with E-state index < -0.39 is 50.8 Å².